The number of nitrogens with one attached hydrogen (secondary N) is 1. The molecule has 0 aromatic rings. The van der Waals surface area contributed by atoms with Crippen LogP contribution >= 0.6 is 0 Å². The second kappa shape index (κ2) is 7.81. The Bertz CT molecular complexity index is 397. The van der Waals surface area contributed by atoms with Crippen LogP contribution in [0.4, 0.5) is 4.79 Å². The van der Waals surface area contributed by atoms with E-state index in [1.165, 1.54) is 0 Å². The van der Waals surface area contributed by atoms with Crippen molar-refractivity contribution in [3.63, 3.8) is 0 Å². The summed E-state index contributed by atoms with van der Waals surface area (Å²) >= 11 is 0. The number of morpholine rings is 1. The molecule has 2 saturated heterocycles. The van der Waals surface area contributed by atoms with Crippen molar-refractivity contribution in [1.82, 2.24) is 10.2 Å². The van der Waals surface area contributed by atoms with E-state index in [0.717, 1.165) is 19.4 Å². The van der Waals surface area contributed by atoms with Crippen LogP contribution in [0.25, 0.3) is 0 Å². The lowest BCUT2D eigenvalue weighted by Crippen LogP contribution is -2.53. The molecule has 0 aromatic heterocycles. The van der Waals surface area contributed by atoms with E-state index in [1.807, 2.05) is 25.7 Å². The standard InChI is InChI=1S/C17H32N2O4/c1-12(18-15-6-8-22-13(15)2)10-14-11-21-9-7-19(14)16(20)23-17(3,4)5/h12-15,18H,6-11H2,1-5H3. The summed E-state index contributed by atoms with van der Waals surface area (Å²) in [4.78, 5) is 14.2. The van der Waals surface area contributed by atoms with Crippen LogP contribution in [0.5, 0.6) is 0 Å². The Kier molecular flexibility index (Phi) is 6.28. The molecule has 0 saturated carbocycles. The SMILES string of the molecule is CC(CC1COCCN1C(=O)OC(C)(C)C)NC1CCOC1C. The summed E-state index contributed by atoms with van der Waals surface area (Å²) in [5, 5.41) is 3.62. The smallest absolute Gasteiger partial charge is 0.410 e. The van der Waals surface area contributed by atoms with Crippen LogP contribution in [0.2, 0.25) is 0 Å². The first-order chi connectivity index (χ1) is 10.8. The lowest BCUT2D eigenvalue weighted by atomic mass is 10.0. The molecule has 0 aliphatic carbocycles. The molecule has 0 aromatic carbocycles. The third-order valence-corrected chi connectivity index (χ3v) is 4.36. The average Bonchev–Trinajstić information content (AvgIpc) is 2.82. The normalized spacial score (nSPS) is 30.3. The average molecular weight is 328 g/mol. The minimum atomic E-state index is -0.472. The Hall–Kier alpha value is -0.850. The van der Waals surface area contributed by atoms with Crippen LogP contribution in [0.1, 0.15) is 47.5 Å². The molecule has 134 valence electrons. The van der Waals surface area contributed by atoms with E-state index >= 15 is 0 Å². The fourth-order valence-corrected chi connectivity index (χ4v) is 3.20. The van der Waals surface area contributed by atoms with Gasteiger partial charge in [0, 0.05) is 25.2 Å². The fraction of sp³-hybridized carbons (Fsp3) is 0.941. The van der Waals surface area contributed by atoms with Gasteiger partial charge in [-0.05, 0) is 47.5 Å². The van der Waals surface area contributed by atoms with Crippen molar-refractivity contribution in [2.75, 3.05) is 26.4 Å². The second-order valence-corrected chi connectivity index (χ2v) is 7.68. The predicted octanol–water partition coefficient (Wildman–Crippen LogP) is 2.17. The minimum Gasteiger partial charge on any atom is -0.444 e. The quantitative estimate of drug-likeness (QED) is 0.857. The third kappa shape index (κ3) is 5.62. The number of amides is 1. The van der Waals surface area contributed by atoms with Gasteiger partial charge in [-0.1, -0.05) is 0 Å². The molecule has 0 bridgehead atoms. The molecule has 1 amide bonds. The number of carbonyl (C=O) groups is 1. The maximum atomic E-state index is 12.4. The number of nitrogens with zero attached hydrogens (tertiary/aromatic N) is 1. The van der Waals surface area contributed by atoms with E-state index in [4.69, 9.17) is 14.2 Å². The van der Waals surface area contributed by atoms with Gasteiger partial charge in [0.05, 0.1) is 25.4 Å². The molecule has 2 heterocycles. The molecule has 2 aliphatic heterocycles. The molecule has 6 nitrogen and oxygen atoms in total. The van der Waals surface area contributed by atoms with Crippen molar-refractivity contribution in [2.24, 2.45) is 0 Å². The van der Waals surface area contributed by atoms with E-state index in [-0.39, 0.29) is 18.2 Å². The summed E-state index contributed by atoms with van der Waals surface area (Å²) in [5.74, 6) is 0. The van der Waals surface area contributed by atoms with Crippen LogP contribution in [0, 0.1) is 0 Å². The zero-order valence-electron chi connectivity index (χ0n) is 15.1. The van der Waals surface area contributed by atoms with Gasteiger partial charge in [0.2, 0.25) is 0 Å². The maximum Gasteiger partial charge on any atom is 0.410 e. The van der Waals surface area contributed by atoms with Crippen LogP contribution in [-0.4, -0.2) is 67.2 Å². The number of carbonyl (C=O) groups excluding carboxylic acids is 1. The molecule has 2 rings (SSSR count). The van der Waals surface area contributed by atoms with E-state index in [9.17, 15) is 4.79 Å². The van der Waals surface area contributed by atoms with Gasteiger partial charge in [-0.15, -0.1) is 0 Å². The van der Waals surface area contributed by atoms with Crippen molar-refractivity contribution in [3.8, 4) is 0 Å². The van der Waals surface area contributed by atoms with Gasteiger partial charge in [-0.2, -0.15) is 0 Å². The highest BCUT2D eigenvalue weighted by Gasteiger charge is 2.33. The zero-order chi connectivity index (χ0) is 17.0. The number of ether oxygens (including phenoxy) is 3. The van der Waals surface area contributed by atoms with Gasteiger partial charge in [0.15, 0.2) is 0 Å². The number of hydrogen-bond acceptors (Lipinski definition) is 5. The second-order valence-electron chi connectivity index (χ2n) is 7.68. The maximum absolute atomic E-state index is 12.4. The van der Waals surface area contributed by atoms with Crippen molar-refractivity contribution in [1.29, 1.82) is 0 Å². The summed E-state index contributed by atoms with van der Waals surface area (Å²) < 4.78 is 16.7. The van der Waals surface area contributed by atoms with Gasteiger partial charge >= 0.3 is 6.09 Å². The molecule has 2 aliphatic rings. The molecule has 4 atom stereocenters. The molecule has 1 N–H and O–H groups in total. The van der Waals surface area contributed by atoms with E-state index in [2.05, 4.69) is 19.2 Å². The first-order valence-electron chi connectivity index (χ1n) is 8.71. The summed E-state index contributed by atoms with van der Waals surface area (Å²) in [6.07, 6.45) is 1.91. The van der Waals surface area contributed by atoms with E-state index < -0.39 is 5.60 Å². The van der Waals surface area contributed by atoms with Gasteiger partial charge in [-0.25, -0.2) is 4.79 Å². The summed E-state index contributed by atoms with van der Waals surface area (Å²) in [7, 11) is 0. The molecule has 23 heavy (non-hydrogen) atoms. The predicted molar refractivity (Wildman–Crippen MR) is 88.6 cm³/mol. The van der Waals surface area contributed by atoms with Crippen molar-refractivity contribution < 1.29 is 19.0 Å². The Morgan fingerprint density at radius 2 is 2.13 bits per heavy atom. The topological polar surface area (TPSA) is 60.0 Å². The Morgan fingerprint density at radius 3 is 2.74 bits per heavy atom. The molecule has 6 heteroatoms. The molecule has 0 spiro atoms. The van der Waals surface area contributed by atoms with Crippen molar-refractivity contribution in [3.05, 3.63) is 0 Å². The number of rotatable bonds is 4. The summed E-state index contributed by atoms with van der Waals surface area (Å²) in [5.41, 5.74) is -0.472. The van der Waals surface area contributed by atoms with E-state index in [0.29, 0.717) is 31.8 Å². The highest BCUT2D eigenvalue weighted by atomic mass is 16.6. The number of hydrogen-bond donors (Lipinski definition) is 1. The monoisotopic (exact) mass is 328 g/mol. The van der Waals surface area contributed by atoms with Crippen molar-refractivity contribution >= 4 is 6.09 Å². The zero-order valence-corrected chi connectivity index (χ0v) is 15.1. The molecule has 4 unspecified atom stereocenters. The Balaban J connectivity index is 1.88. The van der Waals surface area contributed by atoms with Crippen LogP contribution < -0.4 is 5.32 Å². The summed E-state index contributed by atoms with van der Waals surface area (Å²) in [6.45, 7) is 12.5. The molecule has 0 radical (unpaired) electrons. The molecule has 2 fully saturated rings. The first-order valence-corrected chi connectivity index (χ1v) is 8.71. The highest BCUT2D eigenvalue weighted by Crippen LogP contribution is 2.19. The summed E-state index contributed by atoms with van der Waals surface area (Å²) in [6, 6.07) is 0.740. The fourth-order valence-electron chi connectivity index (χ4n) is 3.20. The van der Waals surface area contributed by atoms with Crippen LogP contribution in [0.15, 0.2) is 0 Å². The van der Waals surface area contributed by atoms with Gasteiger partial charge in [0.25, 0.3) is 0 Å². The lowest BCUT2D eigenvalue weighted by Gasteiger charge is -2.38. The first kappa shape index (κ1) is 18.5. The largest absolute Gasteiger partial charge is 0.444 e. The van der Waals surface area contributed by atoms with Gasteiger partial charge in [-0.3, -0.25) is 0 Å². The van der Waals surface area contributed by atoms with Crippen LogP contribution in [0.3, 0.4) is 0 Å². The highest BCUT2D eigenvalue weighted by molar-refractivity contribution is 5.68. The lowest BCUT2D eigenvalue weighted by molar-refractivity contribution is -0.0359. The Morgan fingerprint density at radius 1 is 1.39 bits per heavy atom. The molecular weight excluding hydrogens is 296 g/mol. The molecular formula is C17H32N2O4. The Labute approximate surface area is 139 Å². The van der Waals surface area contributed by atoms with Crippen molar-refractivity contribution in [2.45, 2.75) is 77.3 Å². The van der Waals surface area contributed by atoms with Crippen LogP contribution in [-0.2, 0) is 14.2 Å². The minimum absolute atomic E-state index is 0.0544. The van der Waals surface area contributed by atoms with Gasteiger partial charge in [0.1, 0.15) is 5.60 Å². The van der Waals surface area contributed by atoms with E-state index in [1.54, 1.807) is 0 Å². The van der Waals surface area contributed by atoms with Gasteiger partial charge < -0.3 is 24.4 Å². The third-order valence-electron chi connectivity index (χ3n) is 4.36.